The number of esters is 1. The number of aliphatic hydroxyl groups excluding tert-OH is 1. The number of carbonyl (C=O) groups is 2. The van der Waals surface area contributed by atoms with E-state index in [1.54, 1.807) is 18.2 Å². The van der Waals surface area contributed by atoms with Gasteiger partial charge in [-0.05, 0) is 24.6 Å². The lowest BCUT2D eigenvalue weighted by Gasteiger charge is -2.16. The van der Waals surface area contributed by atoms with Crippen molar-refractivity contribution in [1.82, 2.24) is 4.90 Å². The van der Waals surface area contributed by atoms with Gasteiger partial charge in [-0.2, -0.15) is 0 Å². The summed E-state index contributed by atoms with van der Waals surface area (Å²) in [7, 11) is 2.80. The highest BCUT2D eigenvalue weighted by Crippen LogP contribution is 2.12. The second-order valence-corrected chi connectivity index (χ2v) is 4.23. The van der Waals surface area contributed by atoms with Crippen LogP contribution >= 0.6 is 0 Å². The number of rotatable bonds is 3. The van der Waals surface area contributed by atoms with Crippen LogP contribution in [0.2, 0.25) is 0 Å². The summed E-state index contributed by atoms with van der Waals surface area (Å²) in [5.74, 6) is 4.57. The molecule has 0 aliphatic carbocycles. The molecule has 0 saturated carbocycles. The van der Waals surface area contributed by atoms with Crippen molar-refractivity contribution in [3.63, 3.8) is 0 Å². The van der Waals surface area contributed by atoms with Gasteiger partial charge in [0.1, 0.15) is 13.2 Å². The lowest BCUT2D eigenvalue weighted by molar-refractivity contribution is -0.141. The van der Waals surface area contributed by atoms with Crippen molar-refractivity contribution in [1.29, 1.82) is 0 Å². The Kier molecular flexibility index (Phi) is 5.75. The van der Waals surface area contributed by atoms with Crippen LogP contribution < -0.4 is 0 Å². The Hall–Kier alpha value is -2.32. The molecule has 5 nitrogen and oxygen atoms in total. The molecule has 1 N–H and O–H groups in total. The summed E-state index contributed by atoms with van der Waals surface area (Å²) in [5, 5.41) is 8.71. The Balaban J connectivity index is 2.96. The molecule has 1 amide bonds. The zero-order valence-electron chi connectivity index (χ0n) is 11.8. The van der Waals surface area contributed by atoms with Crippen LogP contribution in [-0.2, 0) is 9.53 Å². The first-order chi connectivity index (χ1) is 9.49. The number of aryl methyl sites for hydroxylation is 1. The van der Waals surface area contributed by atoms with E-state index in [1.807, 2.05) is 6.92 Å². The number of amides is 1. The predicted molar refractivity (Wildman–Crippen MR) is 74.1 cm³/mol. The minimum atomic E-state index is -0.478. The quantitative estimate of drug-likeness (QED) is 0.647. The average Bonchev–Trinajstić information content (AvgIpc) is 2.45. The van der Waals surface area contributed by atoms with Crippen LogP contribution in [-0.4, -0.2) is 49.2 Å². The van der Waals surface area contributed by atoms with Crippen molar-refractivity contribution in [3.8, 4) is 11.8 Å². The van der Waals surface area contributed by atoms with Crippen molar-refractivity contribution in [2.75, 3.05) is 27.3 Å². The smallest absolute Gasteiger partial charge is 0.325 e. The van der Waals surface area contributed by atoms with E-state index in [1.165, 1.54) is 19.1 Å². The van der Waals surface area contributed by atoms with Crippen LogP contribution in [0.25, 0.3) is 0 Å². The molecular formula is C15H17NO4. The SMILES string of the molecule is COC(=O)CN(C)C(=O)c1ccc(C)c(C#CCO)c1. The van der Waals surface area contributed by atoms with Crippen molar-refractivity contribution >= 4 is 11.9 Å². The van der Waals surface area contributed by atoms with Gasteiger partial charge in [0.05, 0.1) is 7.11 Å². The molecule has 0 aromatic heterocycles. The monoisotopic (exact) mass is 275 g/mol. The molecule has 0 spiro atoms. The molecule has 0 unspecified atom stereocenters. The van der Waals surface area contributed by atoms with E-state index in [0.29, 0.717) is 11.1 Å². The van der Waals surface area contributed by atoms with Gasteiger partial charge in [0.15, 0.2) is 0 Å². The zero-order valence-corrected chi connectivity index (χ0v) is 11.8. The number of likely N-dealkylation sites (N-methyl/N-ethyl adjacent to an activating group) is 1. The van der Waals surface area contributed by atoms with Gasteiger partial charge in [-0.1, -0.05) is 17.9 Å². The van der Waals surface area contributed by atoms with Gasteiger partial charge in [0.2, 0.25) is 0 Å². The Morgan fingerprint density at radius 2 is 2.10 bits per heavy atom. The van der Waals surface area contributed by atoms with Gasteiger partial charge in [-0.25, -0.2) is 0 Å². The highest BCUT2D eigenvalue weighted by molar-refractivity contribution is 5.96. The first-order valence-electron chi connectivity index (χ1n) is 6.02. The fourth-order valence-electron chi connectivity index (χ4n) is 1.57. The van der Waals surface area contributed by atoms with Crippen molar-refractivity contribution < 1.29 is 19.4 Å². The summed E-state index contributed by atoms with van der Waals surface area (Å²) in [6.45, 7) is 1.52. The number of hydrogen-bond acceptors (Lipinski definition) is 4. The average molecular weight is 275 g/mol. The maximum Gasteiger partial charge on any atom is 0.325 e. The van der Waals surface area contributed by atoms with E-state index < -0.39 is 5.97 Å². The van der Waals surface area contributed by atoms with Gasteiger partial charge in [-0.3, -0.25) is 9.59 Å². The molecular weight excluding hydrogens is 258 g/mol. The summed E-state index contributed by atoms with van der Waals surface area (Å²) in [6.07, 6.45) is 0. The fraction of sp³-hybridized carbons (Fsp3) is 0.333. The summed E-state index contributed by atoms with van der Waals surface area (Å²) >= 11 is 0. The van der Waals surface area contributed by atoms with Gasteiger partial charge >= 0.3 is 5.97 Å². The van der Waals surface area contributed by atoms with E-state index in [0.717, 1.165) is 5.56 Å². The second kappa shape index (κ2) is 7.31. The minimum absolute atomic E-state index is 0.110. The van der Waals surface area contributed by atoms with Crippen LogP contribution in [0.15, 0.2) is 18.2 Å². The molecule has 0 atom stereocenters. The molecule has 0 heterocycles. The summed E-state index contributed by atoms with van der Waals surface area (Å²) in [4.78, 5) is 24.6. The number of aliphatic hydroxyl groups is 1. The Labute approximate surface area is 118 Å². The third-order valence-electron chi connectivity index (χ3n) is 2.73. The highest BCUT2D eigenvalue weighted by atomic mass is 16.5. The van der Waals surface area contributed by atoms with E-state index in [2.05, 4.69) is 16.6 Å². The summed E-state index contributed by atoms with van der Waals surface area (Å²) < 4.78 is 4.52. The minimum Gasteiger partial charge on any atom is -0.468 e. The zero-order chi connectivity index (χ0) is 15.1. The van der Waals surface area contributed by atoms with Crippen LogP contribution in [0.4, 0.5) is 0 Å². The molecule has 0 radical (unpaired) electrons. The largest absolute Gasteiger partial charge is 0.468 e. The van der Waals surface area contributed by atoms with E-state index in [9.17, 15) is 9.59 Å². The summed E-state index contributed by atoms with van der Waals surface area (Å²) in [6, 6.07) is 5.10. The molecule has 0 aliphatic rings. The van der Waals surface area contributed by atoms with E-state index in [-0.39, 0.29) is 19.1 Å². The maximum atomic E-state index is 12.2. The molecule has 20 heavy (non-hydrogen) atoms. The van der Waals surface area contributed by atoms with E-state index >= 15 is 0 Å². The first kappa shape index (κ1) is 15.7. The third kappa shape index (κ3) is 4.11. The van der Waals surface area contributed by atoms with Crippen molar-refractivity contribution in [3.05, 3.63) is 34.9 Å². The van der Waals surface area contributed by atoms with Gasteiger partial charge in [-0.15, -0.1) is 0 Å². The van der Waals surface area contributed by atoms with Crippen molar-refractivity contribution in [2.24, 2.45) is 0 Å². The topological polar surface area (TPSA) is 66.8 Å². The number of methoxy groups -OCH3 is 1. The fourth-order valence-corrected chi connectivity index (χ4v) is 1.57. The molecule has 0 aliphatic heterocycles. The maximum absolute atomic E-state index is 12.2. The normalized spacial score (nSPS) is 9.40. The lowest BCUT2D eigenvalue weighted by atomic mass is 10.0. The number of nitrogens with zero attached hydrogens (tertiary/aromatic N) is 1. The second-order valence-electron chi connectivity index (χ2n) is 4.23. The number of hydrogen-bond donors (Lipinski definition) is 1. The van der Waals surface area contributed by atoms with Crippen LogP contribution in [0.5, 0.6) is 0 Å². The number of ether oxygens (including phenoxy) is 1. The van der Waals surface area contributed by atoms with Crippen LogP contribution in [0.1, 0.15) is 21.5 Å². The van der Waals surface area contributed by atoms with Gasteiger partial charge < -0.3 is 14.7 Å². The molecule has 1 aromatic rings. The molecule has 1 aromatic carbocycles. The molecule has 0 bridgehead atoms. The third-order valence-corrected chi connectivity index (χ3v) is 2.73. The molecule has 106 valence electrons. The molecule has 5 heteroatoms. The number of carbonyl (C=O) groups excluding carboxylic acids is 2. The van der Waals surface area contributed by atoms with E-state index in [4.69, 9.17) is 5.11 Å². The van der Waals surface area contributed by atoms with Crippen LogP contribution in [0, 0.1) is 18.8 Å². The predicted octanol–water partition coefficient (Wildman–Crippen LogP) is 0.584. The Morgan fingerprint density at radius 1 is 1.40 bits per heavy atom. The Bertz CT molecular complexity index is 569. The molecule has 0 fully saturated rings. The highest BCUT2D eigenvalue weighted by Gasteiger charge is 2.15. The van der Waals surface area contributed by atoms with Gasteiger partial charge in [0, 0.05) is 18.2 Å². The number of benzene rings is 1. The molecule has 1 rings (SSSR count). The summed E-state index contributed by atoms with van der Waals surface area (Å²) in [5.41, 5.74) is 2.03. The molecule has 0 saturated heterocycles. The van der Waals surface area contributed by atoms with Crippen LogP contribution in [0.3, 0.4) is 0 Å². The van der Waals surface area contributed by atoms with Gasteiger partial charge in [0.25, 0.3) is 5.91 Å². The van der Waals surface area contributed by atoms with Crippen molar-refractivity contribution in [2.45, 2.75) is 6.92 Å². The lowest BCUT2D eigenvalue weighted by Crippen LogP contribution is -2.32. The Morgan fingerprint density at radius 3 is 2.70 bits per heavy atom. The standard InChI is InChI=1S/C15H17NO4/c1-11-6-7-13(9-12(11)5-4-8-17)15(19)16(2)10-14(18)20-3/h6-7,9,17H,8,10H2,1-3H3. The first-order valence-corrected chi connectivity index (χ1v) is 6.02.